The monoisotopic (exact) mass is 562 g/mol. The van der Waals surface area contributed by atoms with Gasteiger partial charge in [-0.3, -0.25) is 29.1 Å². The first-order valence-corrected chi connectivity index (χ1v) is 12.1. The molecule has 5 atom stereocenters. The van der Waals surface area contributed by atoms with E-state index in [0.29, 0.717) is 11.4 Å². The fourth-order valence-electron chi connectivity index (χ4n) is 4.03. The first-order chi connectivity index (χ1) is 18.9. The first kappa shape index (κ1) is 30.0. The van der Waals surface area contributed by atoms with Crippen LogP contribution in [-0.4, -0.2) is 71.8 Å². The van der Waals surface area contributed by atoms with Crippen LogP contribution in [0, 0.1) is 6.92 Å². The molecule has 1 aliphatic rings. The molecule has 1 fully saturated rings. The molecule has 0 radical (unpaired) electrons. The molecule has 40 heavy (non-hydrogen) atoms. The SMILES string of the molecule is COc1ccc(N=Nc2c(C)[nH]n([C@@H]3O[C@H](COC(C)=O)[C@@H](OC(C)=O)[C@H](OC(C)=O)[C@H]3OC(C)=O)c2=O)cc1. The Labute approximate surface area is 228 Å². The summed E-state index contributed by atoms with van der Waals surface area (Å²) in [6.45, 7) is 5.60. The van der Waals surface area contributed by atoms with E-state index in [9.17, 15) is 24.0 Å². The Morgan fingerprint density at radius 2 is 1.45 bits per heavy atom. The van der Waals surface area contributed by atoms with E-state index >= 15 is 0 Å². The molecule has 3 rings (SSSR count). The van der Waals surface area contributed by atoms with E-state index in [2.05, 4.69) is 15.3 Å². The third-order valence-electron chi connectivity index (χ3n) is 5.62. The molecule has 15 heteroatoms. The number of benzene rings is 1. The summed E-state index contributed by atoms with van der Waals surface area (Å²) >= 11 is 0. The third-order valence-corrected chi connectivity index (χ3v) is 5.62. The quantitative estimate of drug-likeness (QED) is 0.268. The van der Waals surface area contributed by atoms with Gasteiger partial charge in [-0.25, -0.2) is 4.68 Å². The Bertz CT molecular complexity index is 1330. The molecule has 0 bridgehead atoms. The summed E-state index contributed by atoms with van der Waals surface area (Å²) in [5.41, 5.74) is -0.0610. The molecule has 0 unspecified atom stereocenters. The van der Waals surface area contributed by atoms with Crippen LogP contribution in [0.4, 0.5) is 11.4 Å². The van der Waals surface area contributed by atoms with Gasteiger partial charge in [0.1, 0.15) is 18.5 Å². The maximum Gasteiger partial charge on any atom is 0.303 e. The van der Waals surface area contributed by atoms with Gasteiger partial charge in [0.25, 0.3) is 5.56 Å². The zero-order chi connectivity index (χ0) is 29.6. The van der Waals surface area contributed by atoms with Crippen LogP contribution in [0.2, 0.25) is 0 Å². The van der Waals surface area contributed by atoms with E-state index in [1.54, 1.807) is 31.2 Å². The number of esters is 4. The number of azo groups is 1. The summed E-state index contributed by atoms with van der Waals surface area (Å²) in [5, 5.41) is 11.0. The number of methoxy groups -OCH3 is 1. The molecule has 0 saturated carbocycles. The average molecular weight is 563 g/mol. The Morgan fingerprint density at radius 1 is 0.875 bits per heavy atom. The number of carbonyl (C=O) groups excluding carboxylic acids is 4. The Morgan fingerprint density at radius 3 is 2.00 bits per heavy atom. The second kappa shape index (κ2) is 13.0. The minimum absolute atomic E-state index is 0.0799. The first-order valence-electron chi connectivity index (χ1n) is 12.1. The maximum absolute atomic E-state index is 13.5. The smallest absolute Gasteiger partial charge is 0.303 e. The number of hydrogen-bond acceptors (Lipinski definition) is 13. The van der Waals surface area contributed by atoms with Crippen molar-refractivity contribution in [2.45, 2.75) is 65.3 Å². The largest absolute Gasteiger partial charge is 0.497 e. The molecule has 1 aliphatic heterocycles. The molecule has 15 nitrogen and oxygen atoms in total. The highest BCUT2D eigenvalue weighted by Gasteiger charge is 2.53. The van der Waals surface area contributed by atoms with Crippen LogP contribution in [0.1, 0.15) is 39.6 Å². The standard InChI is InChI=1S/C25H30N4O11/c1-12-20(27-26-17-7-9-18(35-6)10-8-17)24(34)29(28-12)25-23(39-16(5)33)22(38-15(4)32)21(37-14(3)31)19(40-25)11-36-13(2)30/h7-10,19,21-23,25,28H,11H2,1-6H3/t19-,21-,22+,23-,25-/m1/s1. The van der Waals surface area contributed by atoms with Crippen molar-refractivity contribution in [3.63, 3.8) is 0 Å². The Hall–Kier alpha value is -4.53. The predicted molar refractivity (Wildman–Crippen MR) is 134 cm³/mol. The van der Waals surface area contributed by atoms with E-state index in [-0.39, 0.29) is 11.4 Å². The topological polar surface area (TPSA) is 186 Å². The summed E-state index contributed by atoms with van der Waals surface area (Å²) in [5.74, 6) is -2.42. The highest BCUT2D eigenvalue weighted by molar-refractivity contribution is 5.68. The number of nitrogens with one attached hydrogen (secondary N) is 1. The number of aromatic nitrogens is 2. The molecule has 2 aromatic rings. The van der Waals surface area contributed by atoms with Crippen molar-refractivity contribution in [1.29, 1.82) is 0 Å². The molecule has 1 aromatic carbocycles. The van der Waals surface area contributed by atoms with Gasteiger partial charge in [-0.05, 0) is 31.2 Å². The van der Waals surface area contributed by atoms with Crippen molar-refractivity contribution >= 4 is 35.3 Å². The lowest BCUT2D eigenvalue weighted by Crippen LogP contribution is -2.61. The summed E-state index contributed by atoms with van der Waals surface area (Å²) in [6, 6.07) is 6.63. The van der Waals surface area contributed by atoms with Gasteiger partial charge < -0.3 is 28.4 Å². The number of carbonyl (C=O) groups is 4. The minimum Gasteiger partial charge on any atom is -0.497 e. The zero-order valence-electron chi connectivity index (χ0n) is 22.7. The molecule has 216 valence electrons. The van der Waals surface area contributed by atoms with E-state index in [0.717, 1.165) is 32.4 Å². The number of ether oxygens (including phenoxy) is 6. The minimum atomic E-state index is -1.47. The molecule has 1 saturated heterocycles. The van der Waals surface area contributed by atoms with Crippen molar-refractivity contribution in [2.75, 3.05) is 13.7 Å². The number of nitrogens with zero attached hydrogens (tertiary/aromatic N) is 3. The third kappa shape index (κ3) is 7.31. The van der Waals surface area contributed by atoms with Gasteiger partial charge in [0.2, 0.25) is 0 Å². The Kier molecular flexibility index (Phi) is 9.77. The van der Waals surface area contributed by atoms with Crippen molar-refractivity contribution in [3.05, 3.63) is 40.3 Å². The lowest BCUT2D eigenvalue weighted by atomic mass is 9.97. The van der Waals surface area contributed by atoms with Crippen LogP contribution >= 0.6 is 0 Å². The molecule has 2 heterocycles. The van der Waals surface area contributed by atoms with Gasteiger partial charge in [0.15, 0.2) is 30.2 Å². The van der Waals surface area contributed by atoms with Crippen molar-refractivity contribution in [2.24, 2.45) is 10.2 Å². The molecule has 0 amide bonds. The summed E-state index contributed by atoms with van der Waals surface area (Å²) in [6.07, 6.45) is -6.95. The van der Waals surface area contributed by atoms with Gasteiger partial charge in [-0.2, -0.15) is 5.11 Å². The molecule has 0 spiro atoms. The Balaban J connectivity index is 2.07. The van der Waals surface area contributed by atoms with Gasteiger partial charge >= 0.3 is 23.9 Å². The second-order valence-corrected chi connectivity index (χ2v) is 8.75. The predicted octanol–water partition coefficient (Wildman–Crippen LogP) is 2.16. The molecule has 0 aliphatic carbocycles. The van der Waals surface area contributed by atoms with Gasteiger partial charge in [0, 0.05) is 27.7 Å². The van der Waals surface area contributed by atoms with Crippen LogP contribution in [0.3, 0.4) is 0 Å². The normalized spacial score (nSPS) is 22.4. The number of aryl methyl sites for hydroxylation is 1. The van der Waals surface area contributed by atoms with Gasteiger partial charge in [0.05, 0.1) is 18.5 Å². The van der Waals surface area contributed by atoms with Crippen molar-refractivity contribution in [3.8, 4) is 5.75 Å². The van der Waals surface area contributed by atoms with Crippen LogP contribution < -0.4 is 10.3 Å². The maximum atomic E-state index is 13.5. The molecule has 1 N–H and O–H groups in total. The lowest BCUT2D eigenvalue weighted by Gasteiger charge is -2.44. The highest BCUT2D eigenvalue weighted by Crippen LogP contribution is 2.34. The summed E-state index contributed by atoms with van der Waals surface area (Å²) in [4.78, 5) is 61.0. The van der Waals surface area contributed by atoms with E-state index in [1.807, 2.05) is 0 Å². The van der Waals surface area contributed by atoms with E-state index in [1.165, 1.54) is 7.11 Å². The van der Waals surface area contributed by atoms with Crippen molar-refractivity contribution < 1.29 is 47.6 Å². The summed E-state index contributed by atoms with van der Waals surface area (Å²) in [7, 11) is 1.52. The number of hydrogen-bond donors (Lipinski definition) is 1. The average Bonchev–Trinajstić information content (AvgIpc) is 3.16. The van der Waals surface area contributed by atoms with Crippen LogP contribution in [-0.2, 0) is 42.9 Å². The zero-order valence-corrected chi connectivity index (χ0v) is 22.7. The molecular weight excluding hydrogens is 532 g/mol. The van der Waals surface area contributed by atoms with E-state index in [4.69, 9.17) is 28.4 Å². The fourth-order valence-corrected chi connectivity index (χ4v) is 4.03. The lowest BCUT2D eigenvalue weighted by molar-refractivity contribution is -0.270. The van der Waals surface area contributed by atoms with E-state index < -0.39 is 66.7 Å². The number of aromatic amines is 1. The van der Waals surface area contributed by atoms with Crippen LogP contribution in [0.25, 0.3) is 0 Å². The molecule has 1 aromatic heterocycles. The molecular formula is C25H30N4O11. The number of H-pyrrole nitrogens is 1. The fraction of sp³-hybridized carbons (Fsp3) is 0.480. The highest BCUT2D eigenvalue weighted by atomic mass is 16.7. The summed E-state index contributed by atoms with van der Waals surface area (Å²) < 4.78 is 33.4. The number of rotatable bonds is 9. The second-order valence-electron chi connectivity index (χ2n) is 8.75. The van der Waals surface area contributed by atoms with Gasteiger partial charge in [-0.1, -0.05) is 0 Å². The van der Waals surface area contributed by atoms with Crippen molar-refractivity contribution in [1.82, 2.24) is 9.78 Å². The van der Waals surface area contributed by atoms with Crippen LogP contribution in [0.15, 0.2) is 39.3 Å². The van der Waals surface area contributed by atoms with Gasteiger partial charge in [-0.15, -0.1) is 5.11 Å². The van der Waals surface area contributed by atoms with Crippen LogP contribution in [0.5, 0.6) is 5.75 Å².